The third-order valence-electron chi connectivity index (χ3n) is 4.15. The van der Waals surface area contributed by atoms with Gasteiger partial charge in [0.2, 0.25) is 0 Å². The molecule has 2 rings (SSSR count). The number of hydrogen-bond acceptors (Lipinski definition) is 6. The van der Waals surface area contributed by atoms with Crippen molar-refractivity contribution in [1.29, 1.82) is 0 Å². The highest BCUT2D eigenvalue weighted by molar-refractivity contribution is 7.10. The zero-order valence-electron chi connectivity index (χ0n) is 16.0. The van der Waals surface area contributed by atoms with Crippen LogP contribution in [-0.2, 0) is 14.0 Å². The van der Waals surface area contributed by atoms with Gasteiger partial charge in [0.15, 0.2) is 0 Å². The van der Waals surface area contributed by atoms with E-state index in [9.17, 15) is 4.79 Å². The van der Waals surface area contributed by atoms with Crippen LogP contribution in [0, 0.1) is 0 Å². The Hall–Kier alpha value is -1.38. The van der Waals surface area contributed by atoms with Crippen molar-refractivity contribution in [3.63, 3.8) is 0 Å². The first-order valence-electron chi connectivity index (χ1n) is 8.32. The predicted molar refractivity (Wildman–Crippen MR) is 100 cm³/mol. The summed E-state index contributed by atoms with van der Waals surface area (Å²) in [5, 5.41) is 5.50. The Morgan fingerprint density at radius 1 is 1.32 bits per heavy atom. The van der Waals surface area contributed by atoms with E-state index in [1.165, 1.54) is 11.3 Å². The van der Waals surface area contributed by atoms with Crippen molar-refractivity contribution in [2.75, 3.05) is 6.54 Å². The fourth-order valence-electron chi connectivity index (χ4n) is 2.15. The number of hydrogen-bond donors (Lipinski definition) is 1. The summed E-state index contributed by atoms with van der Waals surface area (Å²) in [6.45, 7) is 13.7. The van der Waals surface area contributed by atoms with Gasteiger partial charge in [0, 0.05) is 18.1 Å². The smallest absolute Gasteiger partial charge is 0.444 e. The molecule has 1 aliphatic rings. The summed E-state index contributed by atoms with van der Waals surface area (Å²) < 4.78 is 17.5. The first-order valence-corrected chi connectivity index (χ1v) is 9.20. The van der Waals surface area contributed by atoms with Crippen molar-refractivity contribution in [3.05, 3.63) is 22.1 Å². The molecule has 6 nitrogen and oxygen atoms in total. The molecule has 2 heterocycles. The highest BCUT2D eigenvalue weighted by atomic mass is 32.1. The second-order valence-electron chi connectivity index (χ2n) is 8.03. The summed E-state index contributed by atoms with van der Waals surface area (Å²) in [6, 6.07) is 0. The minimum Gasteiger partial charge on any atom is -0.444 e. The second-order valence-corrected chi connectivity index (χ2v) is 8.96. The van der Waals surface area contributed by atoms with E-state index < -0.39 is 30.0 Å². The third-order valence-corrected chi connectivity index (χ3v) is 4.87. The number of thiazole rings is 1. The molecule has 0 radical (unpaired) electrons. The van der Waals surface area contributed by atoms with Crippen LogP contribution in [0.5, 0.6) is 0 Å². The normalized spacial score (nSPS) is 19.8. The topological polar surface area (TPSA) is 69.7 Å². The van der Waals surface area contributed by atoms with Crippen molar-refractivity contribution in [2.24, 2.45) is 0 Å². The number of nitrogens with one attached hydrogen (secondary N) is 1. The summed E-state index contributed by atoms with van der Waals surface area (Å²) in [4.78, 5) is 16.3. The van der Waals surface area contributed by atoms with E-state index in [2.05, 4.69) is 10.3 Å². The largest absolute Gasteiger partial charge is 0.492 e. The van der Waals surface area contributed by atoms with Crippen molar-refractivity contribution in [2.45, 2.75) is 65.3 Å². The van der Waals surface area contributed by atoms with Gasteiger partial charge in [0.25, 0.3) is 0 Å². The lowest BCUT2D eigenvalue weighted by molar-refractivity contribution is 0.00578. The highest BCUT2D eigenvalue weighted by Crippen LogP contribution is 2.38. The molecular weight excluding hydrogens is 339 g/mol. The van der Waals surface area contributed by atoms with Gasteiger partial charge in [-0.2, -0.15) is 0 Å². The van der Waals surface area contributed by atoms with Crippen molar-refractivity contribution < 1.29 is 18.8 Å². The molecule has 1 N–H and O–H groups in total. The maximum absolute atomic E-state index is 12.0. The lowest BCUT2D eigenvalue weighted by Crippen LogP contribution is -2.41. The summed E-state index contributed by atoms with van der Waals surface area (Å²) >= 11 is 1.51. The molecule has 0 aliphatic carbocycles. The van der Waals surface area contributed by atoms with Crippen LogP contribution in [-0.4, -0.2) is 41.5 Å². The zero-order valence-corrected chi connectivity index (χ0v) is 16.8. The third kappa shape index (κ3) is 5.30. The summed E-state index contributed by atoms with van der Waals surface area (Å²) in [5.74, 6) is 0. The number of carbonyl (C=O) groups excluding carboxylic acids is 1. The van der Waals surface area contributed by atoms with Crippen molar-refractivity contribution in [3.8, 4) is 0 Å². The molecule has 1 aromatic rings. The van der Waals surface area contributed by atoms with Gasteiger partial charge in [0.1, 0.15) is 10.6 Å². The molecule has 138 valence electrons. The molecule has 25 heavy (non-hydrogen) atoms. The molecule has 0 unspecified atom stereocenters. The van der Waals surface area contributed by atoms with Gasteiger partial charge in [-0.15, -0.1) is 11.3 Å². The number of nitrogens with zero attached hydrogens (tertiary/aromatic N) is 1. The second kappa shape index (κ2) is 7.09. The fraction of sp³-hybridized carbons (Fsp3) is 0.647. The minimum atomic E-state index is -0.552. The molecule has 0 saturated carbocycles. The van der Waals surface area contributed by atoms with Gasteiger partial charge in [-0.25, -0.2) is 9.78 Å². The standard InChI is InChI=1S/C17H27BN2O4S/c1-15(2,3)22-14(21)20-11-12(10-13-19-8-9-25-13)18-23-16(4,5)17(6,7)24-18/h8-10H,11H2,1-7H3,(H,20,21). The Kier molecular flexibility index (Phi) is 5.66. The average Bonchev–Trinajstić information content (AvgIpc) is 2.99. The fourth-order valence-corrected chi connectivity index (χ4v) is 2.75. The number of ether oxygens (including phenoxy) is 1. The van der Waals surface area contributed by atoms with E-state index in [0.717, 1.165) is 10.5 Å². The Morgan fingerprint density at radius 3 is 2.40 bits per heavy atom. The monoisotopic (exact) mass is 366 g/mol. The number of aromatic nitrogens is 1. The van der Waals surface area contributed by atoms with Crippen LogP contribution in [0.15, 0.2) is 17.0 Å². The Morgan fingerprint density at radius 2 is 1.92 bits per heavy atom. The number of carbonyl (C=O) groups is 1. The summed E-state index contributed by atoms with van der Waals surface area (Å²) in [7, 11) is -0.552. The molecule has 0 atom stereocenters. The molecule has 1 amide bonds. The van der Waals surface area contributed by atoms with Gasteiger partial charge in [-0.3, -0.25) is 0 Å². The van der Waals surface area contributed by atoms with Crippen molar-refractivity contribution in [1.82, 2.24) is 10.3 Å². The Bertz CT molecular complexity index is 620. The van der Waals surface area contributed by atoms with Crippen LogP contribution in [0.2, 0.25) is 0 Å². The molecule has 0 aromatic carbocycles. The van der Waals surface area contributed by atoms with E-state index in [-0.39, 0.29) is 6.54 Å². The van der Waals surface area contributed by atoms with Gasteiger partial charge >= 0.3 is 13.2 Å². The van der Waals surface area contributed by atoms with Crippen molar-refractivity contribution >= 4 is 30.6 Å². The minimum absolute atomic E-state index is 0.255. The zero-order chi connectivity index (χ0) is 18.9. The van der Waals surface area contributed by atoms with Crippen LogP contribution in [0.3, 0.4) is 0 Å². The van der Waals surface area contributed by atoms with Gasteiger partial charge < -0.3 is 19.4 Å². The van der Waals surface area contributed by atoms with Gasteiger partial charge in [-0.1, -0.05) is 0 Å². The molecule has 1 aromatic heterocycles. The number of rotatable bonds is 4. The van der Waals surface area contributed by atoms with E-state index in [1.807, 2.05) is 59.9 Å². The highest BCUT2D eigenvalue weighted by Gasteiger charge is 2.52. The number of alkyl carbamates (subject to hydrolysis) is 1. The molecular formula is C17H27BN2O4S. The van der Waals surface area contributed by atoms with Crippen LogP contribution >= 0.6 is 11.3 Å². The van der Waals surface area contributed by atoms with Crippen LogP contribution in [0.1, 0.15) is 53.5 Å². The van der Waals surface area contributed by atoms with E-state index in [1.54, 1.807) is 6.20 Å². The molecule has 1 aliphatic heterocycles. The van der Waals surface area contributed by atoms with E-state index in [0.29, 0.717) is 0 Å². The lowest BCUT2D eigenvalue weighted by Gasteiger charge is -2.32. The van der Waals surface area contributed by atoms with Crippen LogP contribution < -0.4 is 5.32 Å². The van der Waals surface area contributed by atoms with Gasteiger partial charge in [-0.05, 0) is 60.0 Å². The Balaban J connectivity index is 2.14. The molecule has 0 spiro atoms. The maximum Gasteiger partial charge on any atom is 0.492 e. The lowest BCUT2D eigenvalue weighted by atomic mass is 9.77. The molecule has 0 bridgehead atoms. The maximum atomic E-state index is 12.0. The molecule has 8 heteroatoms. The predicted octanol–water partition coefficient (Wildman–Crippen LogP) is 3.68. The van der Waals surface area contributed by atoms with Crippen LogP contribution in [0.4, 0.5) is 4.79 Å². The molecule has 1 fully saturated rings. The SMILES string of the molecule is CC(C)(C)OC(=O)NCC(=Cc1nccs1)B1OC(C)(C)C(C)(C)O1. The van der Waals surface area contributed by atoms with E-state index in [4.69, 9.17) is 14.0 Å². The number of amides is 1. The summed E-state index contributed by atoms with van der Waals surface area (Å²) in [6.07, 6.45) is 3.15. The average molecular weight is 366 g/mol. The van der Waals surface area contributed by atoms with Gasteiger partial charge in [0.05, 0.1) is 11.2 Å². The first kappa shape index (κ1) is 19.9. The van der Waals surface area contributed by atoms with Crippen LogP contribution in [0.25, 0.3) is 6.08 Å². The first-order chi connectivity index (χ1) is 11.4. The molecule has 1 saturated heterocycles. The van der Waals surface area contributed by atoms with E-state index >= 15 is 0 Å². The summed E-state index contributed by atoms with van der Waals surface area (Å²) in [5.41, 5.74) is -0.662. The Labute approximate surface area is 154 Å². The quantitative estimate of drug-likeness (QED) is 0.824.